The topological polar surface area (TPSA) is 37.4 Å². The largest absolute Gasteiger partial charge is 0.270 e. The molecule has 0 atom stereocenters. The summed E-state index contributed by atoms with van der Waals surface area (Å²) >= 11 is 3.41. The third-order valence-electron chi connectivity index (χ3n) is 2.98. The van der Waals surface area contributed by atoms with E-state index in [0.717, 1.165) is 10.0 Å². The number of rotatable bonds is 2. The fourth-order valence-electron chi connectivity index (χ4n) is 1.76. The molecule has 88 valence electrons. The molecule has 0 N–H and O–H groups in total. The van der Waals surface area contributed by atoms with Crippen molar-refractivity contribution in [2.45, 2.75) is 20.4 Å². The molecule has 1 aliphatic heterocycles. The second-order valence-corrected chi connectivity index (χ2v) is 4.89. The average Bonchev–Trinajstić information content (AvgIpc) is 2.50. The van der Waals surface area contributed by atoms with Crippen LogP contribution < -0.4 is 0 Å². The van der Waals surface area contributed by atoms with E-state index in [4.69, 9.17) is 0 Å². The lowest BCUT2D eigenvalue weighted by atomic mass is 10.2. The van der Waals surface area contributed by atoms with Crippen LogP contribution in [0.4, 0.5) is 0 Å². The molecular weight excluding hydrogens is 282 g/mol. The maximum absolute atomic E-state index is 11.9. The number of imide groups is 1. The first-order valence-corrected chi connectivity index (χ1v) is 6.08. The van der Waals surface area contributed by atoms with Gasteiger partial charge in [-0.15, -0.1) is 0 Å². The summed E-state index contributed by atoms with van der Waals surface area (Å²) in [5, 5.41) is 0. The maximum Gasteiger partial charge on any atom is 0.257 e. The lowest BCUT2D eigenvalue weighted by Crippen LogP contribution is -2.31. The lowest BCUT2D eigenvalue weighted by molar-refractivity contribution is -0.138. The highest BCUT2D eigenvalue weighted by Crippen LogP contribution is 2.24. The summed E-state index contributed by atoms with van der Waals surface area (Å²) in [4.78, 5) is 25.0. The molecule has 2 amide bonds. The normalized spacial score (nSPS) is 16.1. The van der Waals surface area contributed by atoms with Gasteiger partial charge in [-0.05, 0) is 25.5 Å². The van der Waals surface area contributed by atoms with E-state index in [1.807, 2.05) is 24.3 Å². The molecule has 2 rings (SSSR count). The number of amides is 2. The van der Waals surface area contributed by atoms with Crippen LogP contribution in [0.5, 0.6) is 0 Å². The van der Waals surface area contributed by atoms with Crippen molar-refractivity contribution in [2.24, 2.45) is 0 Å². The van der Waals surface area contributed by atoms with E-state index in [1.54, 1.807) is 13.8 Å². The van der Waals surface area contributed by atoms with E-state index in [9.17, 15) is 9.59 Å². The fraction of sp³-hybridized carbons (Fsp3) is 0.231. The van der Waals surface area contributed by atoms with Crippen LogP contribution in [0.25, 0.3) is 0 Å². The van der Waals surface area contributed by atoms with Gasteiger partial charge in [-0.2, -0.15) is 0 Å². The van der Waals surface area contributed by atoms with Crippen molar-refractivity contribution >= 4 is 27.7 Å². The maximum atomic E-state index is 11.9. The predicted molar refractivity (Wildman–Crippen MR) is 68.1 cm³/mol. The van der Waals surface area contributed by atoms with Crippen molar-refractivity contribution < 1.29 is 9.59 Å². The highest BCUT2D eigenvalue weighted by Gasteiger charge is 2.33. The third kappa shape index (κ3) is 2.05. The molecule has 0 fully saturated rings. The molecule has 0 saturated heterocycles. The fourth-order valence-corrected chi connectivity index (χ4v) is 2.17. The van der Waals surface area contributed by atoms with Gasteiger partial charge < -0.3 is 0 Å². The van der Waals surface area contributed by atoms with Gasteiger partial charge in [0.1, 0.15) is 0 Å². The van der Waals surface area contributed by atoms with Crippen LogP contribution in [0.15, 0.2) is 39.9 Å². The van der Waals surface area contributed by atoms with Crippen LogP contribution in [0.1, 0.15) is 19.4 Å². The summed E-state index contributed by atoms with van der Waals surface area (Å²) in [6, 6.07) is 7.58. The Morgan fingerprint density at radius 1 is 1.06 bits per heavy atom. The Morgan fingerprint density at radius 3 is 2.12 bits per heavy atom. The van der Waals surface area contributed by atoms with Crippen LogP contribution in [-0.2, 0) is 16.1 Å². The monoisotopic (exact) mass is 293 g/mol. The van der Waals surface area contributed by atoms with Gasteiger partial charge in [0.15, 0.2) is 0 Å². The van der Waals surface area contributed by atoms with Gasteiger partial charge in [0.05, 0.1) is 6.54 Å². The van der Waals surface area contributed by atoms with E-state index in [1.165, 1.54) is 4.90 Å². The standard InChI is InChI=1S/C13H12BrNO2/c1-8-9(2)13(17)15(12(8)16)7-10-5-3-4-6-11(10)14/h3-6H,7H2,1-2H3. The molecule has 0 aromatic heterocycles. The molecule has 1 aromatic carbocycles. The third-order valence-corrected chi connectivity index (χ3v) is 3.75. The highest BCUT2D eigenvalue weighted by atomic mass is 79.9. The zero-order valence-corrected chi connectivity index (χ0v) is 11.2. The van der Waals surface area contributed by atoms with Crippen molar-refractivity contribution in [1.82, 2.24) is 4.90 Å². The Kier molecular flexibility index (Phi) is 3.15. The van der Waals surface area contributed by atoms with E-state index < -0.39 is 0 Å². The van der Waals surface area contributed by atoms with Gasteiger partial charge in [0, 0.05) is 15.6 Å². The summed E-state index contributed by atoms with van der Waals surface area (Å²) in [5.74, 6) is -0.383. The highest BCUT2D eigenvalue weighted by molar-refractivity contribution is 9.10. The smallest absolute Gasteiger partial charge is 0.257 e. The summed E-state index contributed by atoms with van der Waals surface area (Å²) in [6.07, 6.45) is 0. The first-order chi connectivity index (χ1) is 8.02. The molecule has 1 aromatic rings. The molecule has 3 nitrogen and oxygen atoms in total. The van der Waals surface area contributed by atoms with E-state index >= 15 is 0 Å². The second kappa shape index (κ2) is 4.45. The quantitative estimate of drug-likeness (QED) is 0.786. The van der Waals surface area contributed by atoms with Gasteiger partial charge in [0.25, 0.3) is 11.8 Å². The first kappa shape index (κ1) is 12.0. The van der Waals surface area contributed by atoms with Crippen molar-refractivity contribution in [2.75, 3.05) is 0 Å². The van der Waals surface area contributed by atoms with Crippen molar-refractivity contribution in [1.29, 1.82) is 0 Å². The number of halogens is 1. The van der Waals surface area contributed by atoms with E-state index in [-0.39, 0.29) is 11.8 Å². The Bertz CT molecular complexity index is 510. The molecule has 17 heavy (non-hydrogen) atoms. The van der Waals surface area contributed by atoms with E-state index in [2.05, 4.69) is 15.9 Å². The predicted octanol–water partition coefficient (Wildman–Crippen LogP) is 2.65. The SMILES string of the molecule is CC1=C(C)C(=O)N(Cc2ccccc2Br)C1=O. The van der Waals surface area contributed by atoms with Crippen LogP contribution >= 0.6 is 15.9 Å². The Labute approximate surface area is 108 Å². The molecular formula is C13H12BrNO2. The lowest BCUT2D eigenvalue weighted by Gasteiger charge is -2.15. The molecule has 0 unspecified atom stereocenters. The molecule has 0 saturated carbocycles. The molecule has 0 radical (unpaired) electrons. The number of hydrogen-bond donors (Lipinski definition) is 0. The van der Waals surface area contributed by atoms with Gasteiger partial charge in [-0.3, -0.25) is 14.5 Å². The zero-order chi connectivity index (χ0) is 12.6. The van der Waals surface area contributed by atoms with Gasteiger partial charge in [-0.1, -0.05) is 34.1 Å². The molecule has 1 aliphatic rings. The van der Waals surface area contributed by atoms with E-state index in [0.29, 0.717) is 17.7 Å². The Hall–Kier alpha value is -1.42. The number of benzene rings is 1. The van der Waals surface area contributed by atoms with Crippen molar-refractivity contribution in [3.05, 3.63) is 45.4 Å². The van der Waals surface area contributed by atoms with Gasteiger partial charge in [-0.25, -0.2) is 0 Å². The number of nitrogens with zero attached hydrogens (tertiary/aromatic N) is 1. The first-order valence-electron chi connectivity index (χ1n) is 5.29. The summed E-state index contributed by atoms with van der Waals surface area (Å²) < 4.78 is 0.905. The zero-order valence-electron chi connectivity index (χ0n) is 9.66. The Balaban J connectivity index is 2.26. The summed E-state index contributed by atoms with van der Waals surface area (Å²) in [7, 11) is 0. The minimum absolute atomic E-state index is 0.191. The molecule has 0 spiro atoms. The number of hydrogen-bond acceptors (Lipinski definition) is 2. The summed E-state index contributed by atoms with van der Waals surface area (Å²) in [5.41, 5.74) is 2.01. The van der Waals surface area contributed by atoms with Gasteiger partial charge >= 0.3 is 0 Å². The molecule has 4 heteroatoms. The molecule has 0 bridgehead atoms. The average molecular weight is 294 g/mol. The summed E-state index contributed by atoms with van der Waals surface area (Å²) in [6.45, 7) is 3.69. The van der Waals surface area contributed by atoms with Crippen molar-refractivity contribution in [3.63, 3.8) is 0 Å². The minimum Gasteiger partial charge on any atom is -0.270 e. The minimum atomic E-state index is -0.191. The number of carbonyl (C=O) groups is 2. The second-order valence-electron chi connectivity index (χ2n) is 4.04. The molecule has 0 aliphatic carbocycles. The van der Waals surface area contributed by atoms with Gasteiger partial charge in [0.2, 0.25) is 0 Å². The van der Waals surface area contributed by atoms with Crippen LogP contribution in [-0.4, -0.2) is 16.7 Å². The molecule has 1 heterocycles. The number of carbonyl (C=O) groups excluding carboxylic acids is 2. The van der Waals surface area contributed by atoms with Crippen molar-refractivity contribution in [3.8, 4) is 0 Å². The van der Waals surface area contributed by atoms with Crippen LogP contribution in [0.2, 0.25) is 0 Å². The van der Waals surface area contributed by atoms with Crippen LogP contribution in [0.3, 0.4) is 0 Å². The van der Waals surface area contributed by atoms with Crippen LogP contribution in [0, 0.1) is 0 Å². The Morgan fingerprint density at radius 2 is 1.59 bits per heavy atom.